The van der Waals surface area contributed by atoms with Crippen LogP contribution in [-0.4, -0.2) is 130 Å². The second-order valence-electron chi connectivity index (χ2n) is 16.3. The fourth-order valence-corrected chi connectivity index (χ4v) is 8.36. The van der Waals surface area contributed by atoms with Crippen LogP contribution >= 0.6 is 0 Å². The summed E-state index contributed by atoms with van der Waals surface area (Å²) in [6, 6.07) is 6.91. The minimum absolute atomic E-state index is 0. The zero-order chi connectivity index (χ0) is 41.9. The van der Waals surface area contributed by atoms with E-state index in [1.807, 2.05) is 6.07 Å². The Morgan fingerprint density at radius 3 is 2.49 bits per heavy atom. The molecule has 5 heterocycles. The Hall–Kier alpha value is -5.00. The number of fused-ring (bicyclic) bond motifs is 2. The third-order valence-corrected chi connectivity index (χ3v) is 12.2. The molecule has 0 radical (unpaired) electrons. The Bertz CT molecular complexity index is 2290. The predicted octanol–water partition coefficient (Wildman–Crippen LogP) is 0.515. The van der Waals surface area contributed by atoms with E-state index in [1.165, 1.54) is 55.0 Å². The monoisotopic (exact) mass is 837 g/mol. The van der Waals surface area contributed by atoms with Crippen molar-refractivity contribution in [1.82, 2.24) is 39.9 Å². The van der Waals surface area contributed by atoms with Gasteiger partial charge in [0.15, 0.2) is 5.65 Å². The number of hydrogen-bond donors (Lipinski definition) is 2. The van der Waals surface area contributed by atoms with Gasteiger partial charge in [0, 0.05) is 75.5 Å². The quantitative estimate of drug-likeness (QED) is 0.156. The first-order valence-corrected chi connectivity index (χ1v) is 20.9. The van der Waals surface area contributed by atoms with Gasteiger partial charge in [0.2, 0.25) is 11.8 Å². The molecule has 2 aromatic heterocycles. The van der Waals surface area contributed by atoms with Gasteiger partial charge in [0.25, 0.3) is 17.7 Å². The first-order chi connectivity index (χ1) is 29.0. The summed E-state index contributed by atoms with van der Waals surface area (Å²) in [7, 11) is 2.26. The molecule has 1 unspecified atom stereocenters. The van der Waals surface area contributed by atoms with Crippen molar-refractivity contribution in [2.45, 2.75) is 69.9 Å². The number of ether oxygens (including phenoxy) is 1. The first kappa shape index (κ1) is 44.1. The zero-order valence-corrected chi connectivity index (χ0v) is 36.8. The molecule has 2 saturated carbocycles. The van der Waals surface area contributed by atoms with Gasteiger partial charge in [-0.2, -0.15) is 5.10 Å². The second kappa shape index (κ2) is 19.4. The SMILES string of the molecule is CN(CCN1CCN(c2ccc3c(c2)C(=O)N(C2CCC(=O)NC2=O)C3=O)CC1)C1CCCCC1.[CH-]=C1C=C(NC(=O)c2cnn3cccnc23)C(OCC2CC2)=CC1=[N-].[Na+]. The van der Waals surface area contributed by atoms with Crippen molar-refractivity contribution in [3.05, 3.63) is 101 Å². The molecule has 1 atom stereocenters. The van der Waals surface area contributed by atoms with Gasteiger partial charge in [-0.25, -0.2) is 21.7 Å². The maximum Gasteiger partial charge on any atom is 1.00 e. The first-order valence-electron chi connectivity index (χ1n) is 20.9. The smallest absolute Gasteiger partial charge is 0.872 e. The van der Waals surface area contributed by atoms with E-state index in [9.17, 15) is 29.4 Å². The molecule has 3 aromatic rings. The maximum atomic E-state index is 13.1. The van der Waals surface area contributed by atoms with E-state index in [1.54, 1.807) is 30.6 Å². The molecule has 5 amide bonds. The van der Waals surface area contributed by atoms with Gasteiger partial charge in [-0.1, -0.05) is 25.3 Å². The van der Waals surface area contributed by atoms with Crippen LogP contribution in [0.1, 0.15) is 88.9 Å². The normalized spacial score (nSPS) is 21.0. The van der Waals surface area contributed by atoms with E-state index in [-0.39, 0.29) is 65.5 Å². The number of aromatic nitrogens is 3. The van der Waals surface area contributed by atoms with E-state index < -0.39 is 23.8 Å². The van der Waals surface area contributed by atoms with Crippen molar-refractivity contribution < 1.29 is 58.3 Å². The van der Waals surface area contributed by atoms with Crippen LogP contribution in [0.5, 0.6) is 0 Å². The number of hydrogen-bond acceptors (Lipinski definition) is 11. The standard InChI is InChI=1S/C26H35N5O4.C18H15N5O2.Na/c1-28(18-5-3-2-4-6-18)11-12-29-13-15-30(16-14-29)19-7-8-20-21(17-19)26(35)31(25(20)34)22-9-10-23(32)27-24(22)33;1-11-7-15(16(8-14(11)19)25-10-12-3-4-12)22-18(24)13-9-21-23-6-2-5-20-17(13)23;/h7-8,17-18,22H,2-6,9-16H2,1H3,(H,27,32,33);1-2,5-9,12H,3-4,10H2,(H,22,24);/q;-2;+1. The second-order valence-corrected chi connectivity index (χ2v) is 16.3. The molecule has 9 rings (SSSR count). The molecular formula is C44H50N10NaO6-. The Labute approximate surface area is 377 Å². The number of benzene rings is 1. The molecule has 2 N–H and O–H groups in total. The molecule has 6 aliphatic rings. The fourth-order valence-electron chi connectivity index (χ4n) is 8.36. The number of likely N-dealkylation sites (N-methyl/N-ethyl adjacent to an activating group) is 1. The number of anilines is 1. The summed E-state index contributed by atoms with van der Waals surface area (Å²) in [5.74, 6) is -1.33. The Morgan fingerprint density at radius 1 is 1.00 bits per heavy atom. The Kier molecular flexibility index (Phi) is 14.0. The average molecular weight is 838 g/mol. The Morgan fingerprint density at radius 2 is 1.75 bits per heavy atom. The van der Waals surface area contributed by atoms with E-state index in [4.69, 9.17) is 11.3 Å². The number of carbonyl (C=O) groups is 5. The molecule has 1 aromatic carbocycles. The van der Waals surface area contributed by atoms with Gasteiger partial charge in [-0.3, -0.25) is 44.8 Å². The van der Waals surface area contributed by atoms with Crippen molar-refractivity contribution in [2.24, 2.45) is 5.92 Å². The number of nitrogens with zero attached hydrogens (tertiary/aromatic N) is 8. The van der Waals surface area contributed by atoms with Gasteiger partial charge in [-0.05, 0) is 69.3 Å². The number of imide groups is 2. The van der Waals surface area contributed by atoms with Crippen LogP contribution in [0.3, 0.4) is 0 Å². The number of carbonyl (C=O) groups excluding carboxylic acids is 5. The predicted molar refractivity (Wildman–Crippen MR) is 223 cm³/mol. The summed E-state index contributed by atoms with van der Waals surface area (Å²) in [6.45, 7) is 12.1. The zero-order valence-electron chi connectivity index (χ0n) is 34.8. The summed E-state index contributed by atoms with van der Waals surface area (Å²) < 4.78 is 7.25. The van der Waals surface area contributed by atoms with E-state index >= 15 is 0 Å². The minimum atomic E-state index is -0.932. The number of piperidine rings is 1. The van der Waals surface area contributed by atoms with Crippen LogP contribution in [0.2, 0.25) is 0 Å². The third kappa shape index (κ3) is 10.0. The topological polar surface area (TPSA) is 184 Å². The van der Waals surface area contributed by atoms with Crippen LogP contribution in [0.15, 0.2) is 72.0 Å². The number of rotatable bonds is 11. The molecular weight excluding hydrogens is 788 g/mol. The van der Waals surface area contributed by atoms with E-state index in [2.05, 4.69) is 42.5 Å². The summed E-state index contributed by atoms with van der Waals surface area (Å²) in [4.78, 5) is 74.9. The summed E-state index contributed by atoms with van der Waals surface area (Å²) >= 11 is 0. The largest absolute Gasteiger partial charge is 1.00 e. The van der Waals surface area contributed by atoms with Crippen molar-refractivity contribution in [1.29, 1.82) is 0 Å². The molecule has 0 spiro atoms. The molecule has 314 valence electrons. The molecule has 0 bridgehead atoms. The summed E-state index contributed by atoms with van der Waals surface area (Å²) in [5, 5.41) is 18.9. The molecule has 2 saturated heterocycles. The number of piperazine rings is 1. The summed E-state index contributed by atoms with van der Waals surface area (Å²) in [5.41, 5.74) is 2.85. The fraction of sp³-hybridized carbons (Fsp3) is 0.455. The van der Waals surface area contributed by atoms with Crippen LogP contribution in [0, 0.1) is 12.5 Å². The average Bonchev–Trinajstić information content (AvgIpc) is 3.94. The van der Waals surface area contributed by atoms with Crippen molar-refractivity contribution >= 4 is 46.6 Å². The number of allylic oxidation sites excluding steroid dienone is 3. The van der Waals surface area contributed by atoms with Crippen LogP contribution in [-0.2, 0) is 14.3 Å². The third-order valence-electron chi connectivity index (χ3n) is 12.2. The van der Waals surface area contributed by atoms with Crippen LogP contribution in [0.25, 0.3) is 11.1 Å². The van der Waals surface area contributed by atoms with Gasteiger partial charge in [-0.15, -0.1) is 6.08 Å². The van der Waals surface area contributed by atoms with Crippen molar-refractivity contribution in [2.75, 3.05) is 57.8 Å². The minimum Gasteiger partial charge on any atom is -0.872 e. The van der Waals surface area contributed by atoms with E-state index in [0.29, 0.717) is 46.3 Å². The van der Waals surface area contributed by atoms with Crippen LogP contribution in [0.4, 0.5) is 5.69 Å². The Balaban J connectivity index is 0.000000191. The molecule has 16 nitrogen and oxygen atoms in total. The molecule has 17 heteroatoms. The van der Waals surface area contributed by atoms with Gasteiger partial charge >= 0.3 is 29.6 Å². The molecule has 4 fully saturated rings. The molecule has 61 heavy (non-hydrogen) atoms. The van der Waals surface area contributed by atoms with Crippen LogP contribution < -0.4 is 45.1 Å². The van der Waals surface area contributed by atoms with Crippen molar-refractivity contribution in [3.63, 3.8) is 0 Å². The number of nitrogens with one attached hydrogen (secondary N) is 2. The number of amides is 5. The molecule has 3 aliphatic heterocycles. The summed E-state index contributed by atoms with van der Waals surface area (Å²) in [6.07, 6.45) is 17.0. The van der Waals surface area contributed by atoms with Gasteiger partial charge in [0.1, 0.15) is 17.4 Å². The maximum absolute atomic E-state index is 13.1. The van der Waals surface area contributed by atoms with E-state index in [0.717, 1.165) is 68.7 Å². The molecule has 3 aliphatic carbocycles. The van der Waals surface area contributed by atoms with Crippen molar-refractivity contribution in [3.8, 4) is 0 Å². The van der Waals surface area contributed by atoms with Gasteiger partial charge in [0.05, 0.1) is 23.9 Å². The van der Waals surface area contributed by atoms with Gasteiger partial charge < -0.3 is 25.3 Å².